The maximum Gasteiger partial charge on any atom is 0.228 e. The maximum absolute atomic E-state index is 5.90. The molecule has 0 aliphatic rings. The lowest BCUT2D eigenvalue weighted by Crippen LogP contribution is -2.06. The third kappa shape index (κ3) is 3.81. The van der Waals surface area contributed by atoms with Crippen LogP contribution >= 0.6 is 23.4 Å². The fraction of sp³-hybridized carbons (Fsp3) is 0.455. The zero-order valence-corrected chi connectivity index (χ0v) is 12.6. The highest BCUT2D eigenvalue weighted by Crippen LogP contribution is 2.26. The molecule has 0 saturated carbocycles. The van der Waals surface area contributed by atoms with Crippen molar-refractivity contribution >= 4 is 29.3 Å². The van der Waals surface area contributed by atoms with Gasteiger partial charge in [0.05, 0.1) is 5.69 Å². The van der Waals surface area contributed by atoms with Crippen molar-refractivity contribution in [1.29, 1.82) is 0 Å². The first-order valence-electron chi connectivity index (χ1n) is 5.92. The van der Waals surface area contributed by atoms with E-state index >= 15 is 0 Å². The first kappa shape index (κ1) is 14.1. The normalized spacial score (nSPS) is 10.7. The summed E-state index contributed by atoms with van der Waals surface area (Å²) in [6.07, 6.45) is 0.993. The van der Waals surface area contributed by atoms with E-state index in [4.69, 9.17) is 11.6 Å². The molecule has 0 aromatic carbocycles. The Bertz CT molecular complexity index is 570. The molecule has 0 aliphatic carbocycles. The number of aromatic nitrogens is 5. The Morgan fingerprint density at radius 2 is 2.16 bits per heavy atom. The predicted octanol–water partition coefficient (Wildman–Crippen LogP) is 2.54. The topological polar surface area (TPSA) is 68.5 Å². The summed E-state index contributed by atoms with van der Waals surface area (Å²) < 4.78 is 1.79. The van der Waals surface area contributed by atoms with Crippen LogP contribution in [-0.2, 0) is 7.05 Å². The third-order valence-electron chi connectivity index (χ3n) is 2.28. The number of halogens is 1. The summed E-state index contributed by atoms with van der Waals surface area (Å²) >= 11 is 7.31. The van der Waals surface area contributed by atoms with E-state index in [9.17, 15) is 0 Å². The van der Waals surface area contributed by atoms with Gasteiger partial charge < -0.3 is 5.32 Å². The molecule has 0 atom stereocenters. The lowest BCUT2D eigenvalue weighted by Gasteiger charge is -2.05. The minimum atomic E-state index is 0.190. The first-order chi connectivity index (χ1) is 9.08. The molecule has 0 radical (unpaired) electrons. The smallest absolute Gasteiger partial charge is 0.228 e. The number of nitrogens with one attached hydrogen (secondary N) is 1. The second kappa shape index (κ2) is 6.21. The summed E-state index contributed by atoms with van der Waals surface area (Å²) in [4.78, 5) is 12.5. The van der Waals surface area contributed by atoms with Crippen LogP contribution in [0, 0.1) is 6.92 Å². The average Bonchev–Trinajstić information content (AvgIpc) is 2.64. The van der Waals surface area contributed by atoms with Crippen LogP contribution in [0.3, 0.4) is 0 Å². The van der Waals surface area contributed by atoms with Crippen molar-refractivity contribution in [2.45, 2.75) is 30.5 Å². The van der Waals surface area contributed by atoms with Crippen LogP contribution in [0.5, 0.6) is 0 Å². The Balaban J connectivity index is 2.20. The Labute approximate surface area is 121 Å². The van der Waals surface area contributed by atoms with E-state index < -0.39 is 0 Å². The van der Waals surface area contributed by atoms with Gasteiger partial charge in [0.1, 0.15) is 5.03 Å². The van der Waals surface area contributed by atoms with Crippen LogP contribution in [-0.4, -0.2) is 31.3 Å². The molecule has 19 heavy (non-hydrogen) atoms. The molecule has 2 aromatic heterocycles. The van der Waals surface area contributed by atoms with Gasteiger partial charge in [-0.25, -0.2) is 0 Å². The van der Waals surface area contributed by atoms with Crippen molar-refractivity contribution in [3.63, 3.8) is 0 Å². The molecule has 2 aromatic rings. The molecule has 0 aliphatic heterocycles. The second-order valence-electron chi connectivity index (χ2n) is 3.99. The zero-order chi connectivity index (χ0) is 13.8. The predicted molar refractivity (Wildman–Crippen MR) is 75.7 cm³/mol. The van der Waals surface area contributed by atoms with Crippen LogP contribution in [0.25, 0.3) is 0 Å². The largest absolute Gasteiger partial charge is 0.354 e. The average molecular weight is 299 g/mol. The number of nitrogens with zero attached hydrogens (tertiary/aromatic N) is 5. The molecule has 6 nitrogen and oxygen atoms in total. The van der Waals surface area contributed by atoms with Crippen molar-refractivity contribution in [3.05, 3.63) is 17.0 Å². The molecule has 0 unspecified atom stereocenters. The van der Waals surface area contributed by atoms with Crippen molar-refractivity contribution in [2.24, 2.45) is 7.05 Å². The van der Waals surface area contributed by atoms with Crippen molar-refractivity contribution < 1.29 is 0 Å². The van der Waals surface area contributed by atoms with E-state index in [0.29, 0.717) is 11.1 Å². The van der Waals surface area contributed by atoms with Gasteiger partial charge in [0.15, 0.2) is 5.16 Å². The minimum Gasteiger partial charge on any atom is -0.354 e. The van der Waals surface area contributed by atoms with Gasteiger partial charge in [0.25, 0.3) is 0 Å². The molecule has 0 spiro atoms. The molecule has 0 saturated heterocycles. The van der Waals surface area contributed by atoms with Gasteiger partial charge in [-0.3, -0.25) is 4.68 Å². The van der Waals surface area contributed by atoms with E-state index in [2.05, 4.69) is 32.3 Å². The molecule has 102 valence electrons. The fourth-order valence-electron chi connectivity index (χ4n) is 1.47. The Kier molecular flexibility index (Phi) is 4.60. The number of hydrogen-bond donors (Lipinski definition) is 1. The molecule has 0 bridgehead atoms. The second-order valence-corrected chi connectivity index (χ2v) is 5.31. The van der Waals surface area contributed by atoms with Crippen LogP contribution in [0.2, 0.25) is 5.28 Å². The van der Waals surface area contributed by atoms with E-state index in [1.165, 1.54) is 11.8 Å². The molecule has 0 amide bonds. The minimum absolute atomic E-state index is 0.190. The van der Waals surface area contributed by atoms with Crippen molar-refractivity contribution in [2.75, 3.05) is 11.9 Å². The van der Waals surface area contributed by atoms with Gasteiger partial charge in [-0.15, -0.1) is 0 Å². The van der Waals surface area contributed by atoms with Gasteiger partial charge in [-0.1, -0.05) is 6.92 Å². The molecular weight excluding hydrogens is 284 g/mol. The Hall–Kier alpha value is -1.34. The van der Waals surface area contributed by atoms with Crippen LogP contribution < -0.4 is 5.32 Å². The molecule has 1 N–H and O–H groups in total. The van der Waals surface area contributed by atoms with Crippen molar-refractivity contribution in [3.8, 4) is 0 Å². The molecule has 0 fully saturated rings. The van der Waals surface area contributed by atoms with Gasteiger partial charge >= 0.3 is 0 Å². The van der Waals surface area contributed by atoms with Crippen LogP contribution in [0.15, 0.2) is 16.2 Å². The van der Waals surface area contributed by atoms with Crippen LogP contribution in [0.4, 0.5) is 5.95 Å². The van der Waals surface area contributed by atoms with E-state index in [0.717, 1.165) is 23.7 Å². The fourth-order valence-corrected chi connectivity index (χ4v) is 2.53. The van der Waals surface area contributed by atoms with Gasteiger partial charge in [0.2, 0.25) is 11.2 Å². The molecule has 2 rings (SSSR count). The first-order valence-corrected chi connectivity index (χ1v) is 7.12. The van der Waals surface area contributed by atoms with Crippen molar-refractivity contribution in [1.82, 2.24) is 24.7 Å². The van der Waals surface area contributed by atoms with Gasteiger partial charge in [-0.2, -0.15) is 20.1 Å². The van der Waals surface area contributed by atoms with Crippen LogP contribution in [0.1, 0.15) is 19.0 Å². The van der Waals surface area contributed by atoms with E-state index in [1.807, 2.05) is 20.0 Å². The lowest BCUT2D eigenvalue weighted by atomic mass is 10.5. The maximum atomic E-state index is 5.90. The lowest BCUT2D eigenvalue weighted by molar-refractivity contribution is 0.691. The SMILES string of the molecule is CCCNc1nc(Cl)nc(Sc2cc(C)nn2C)n1. The summed E-state index contributed by atoms with van der Waals surface area (Å²) in [5.41, 5.74) is 0.953. The highest BCUT2D eigenvalue weighted by Gasteiger charge is 2.10. The summed E-state index contributed by atoms with van der Waals surface area (Å²) in [6, 6.07) is 1.97. The van der Waals surface area contributed by atoms with E-state index in [1.54, 1.807) is 4.68 Å². The van der Waals surface area contributed by atoms with Gasteiger partial charge in [-0.05, 0) is 42.8 Å². The Morgan fingerprint density at radius 1 is 1.37 bits per heavy atom. The quantitative estimate of drug-likeness (QED) is 0.915. The molecular formula is C11H15ClN6S. The summed E-state index contributed by atoms with van der Waals surface area (Å²) in [7, 11) is 1.88. The third-order valence-corrected chi connectivity index (χ3v) is 3.40. The Morgan fingerprint density at radius 3 is 2.79 bits per heavy atom. The van der Waals surface area contributed by atoms with E-state index in [-0.39, 0.29) is 5.28 Å². The summed E-state index contributed by atoms with van der Waals surface area (Å²) in [5, 5.41) is 9.08. The van der Waals surface area contributed by atoms with Gasteiger partial charge in [0, 0.05) is 13.6 Å². The number of rotatable bonds is 5. The highest BCUT2D eigenvalue weighted by molar-refractivity contribution is 7.99. The standard InChI is InChI=1S/C11H15ClN6S/c1-4-5-13-10-14-9(12)15-11(16-10)19-8-6-7(2)17-18(8)3/h6H,4-5H2,1-3H3,(H,13,14,15,16). The summed E-state index contributed by atoms with van der Waals surface area (Å²) in [6.45, 7) is 4.82. The molecule has 8 heteroatoms. The highest BCUT2D eigenvalue weighted by atomic mass is 35.5. The number of aryl methyl sites for hydroxylation is 2. The summed E-state index contributed by atoms with van der Waals surface area (Å²) in [5.74, 6) is 0.503. The number of anilines is 1. The zero-order valence-electron chi connectivity index (χ0n) is 11.0. The monoisotopic (exact) mass is 298 g/mol. The number of hydrogen-bond acceptors (Lipinski definition) is 6. The molecule has 2 heterocycles.